The second kappa shape index (κ2) is 10.5. The predicted molar refractivity (Wildman–Crippen MR) is 154 cm³/mol. The number of nitrogens with zero attached hydrogens (tertiary/aromatic N) is 2. The minimum Gasteiger partial charge on any atom is -0.497 e. The summed E-state index contributed by atoms with van der Waals surface area (Å²) in [6.07, 6.45) is 0.498. The molecule has 1 aromatic heterocycles. The summed E-state index contributed by atoms with van der Waals surface area (Å²) in [6.45, 7) is 6.22. The molecule has 2 atom stereocenters. The van der Waals surface area contributed by atoms with Crippen LogP contribution in [0.25, 0.3) is 10.9 Å². The number of rotatable bonds is 8. The summed E-state index contributed by atoms with van der Waals surface area (Å²) in [5, 5.41) is 4.13. The Kier molecular flexibility index (Phi) is 7.08. The molecule has 0 radical (unpaired) electrons. The molecule has 0 saturated carbocycles. The monoisotopic (exact) mass is 525 g/mol. The van der Waals surface area contributed by atoms with Gasteiger partial charge in [-0.25, -0.2) is 0 Å². The Morgan fingerprint density at radius 1 is 1.00 bits per heavy atom. The largest absolute Gasteiger partial charge is 0.497 e. The fourth-order valence-corrected chi connectivity index (χ4v) is 5.77. The van der Waals surface area contributed by atoms with Gasteiger partial charge in [0.1, 0.15) is 17.5 Å². The molecule has 202 valence electrons. The molecule has 0 spiro atoms. The number of carbonyl (C=O) groups is 2. The van der Waals surface area contributed by atoms with Gasteiger partial charge in [0.05, 0.1) is 25.9 Å². The molecule has 1 N–H and O–H groups in total. The minimum absolute atomic E-state index is 0.138. The standard InChI is InChI=1S/C32H35N3O4/c1-19(2)17-27(31(36)33-25-18-21(38-5)15-16-28(25)39-6)35-30(22-11-7-8-12-23(22)32(35)37)29-20(3)34(4)26-14-10-9-13-24(26)29/h7-16,18-19,27,30H,17H2,1-6H3,(H,33,36). The Labute approximate surface area is 229 Å². The van der Waals surface area contributed by atoms with Crippen molar-refractivity contribution in [3.63, 3.8) is 0 Å². The van der Waals surface area contributed by atoms with Crippen molar-refractivity contribution in [2.45, 2.75) is 39.3 Å². The van der Waals surface area contributed by atoms with Gasteiger partial charge >= 0.3 is 0 Å². The summed E-state index contributed by atoms with van der Waals surface area (Å²) in [5.41, 5.74) is 5.25. The number of nitrogens with one attached hydrogen (secondary N) is 1. The molecule has 1 aliphatic rings. The van der Waals surface area contributed by atoms with Crippen LogP contribution in [0.5, 0.6) is 11.5 Å². The van der Waals surface area contributed by atoms with Gasteiger partial charge in [0.25, 0.3) is 5.91 Å². The van der Waals surface area contributed by atoms with Crippen LogP contribution in [-0.4, -0.2) is 41.5 Å². The number of benzene rings is 3. The van der Waals surface area contributed by atoms with Crippen molar-refractivity contribution < 1.29 is 19.1 Å². The highest BCUT2D eigenvalue weighted by Crippen LogP contribution is 2.45. The number of carbonyl (C=O) groups excluding carboxylic acids is 2. The maximum atomic E-state index is 14.1. The number of anilines is 1. The lowest BCUT2D eigenvalue weighted by molar-refractivity contribution is -0.121. The molecule has 7 heteroatoms. The topological polar surface area (TPSA) is 72.8 Å². The maximum Gasteiger partial charge on any atom is 0.255 e. The minimum atomic E-state index is -0.718. The Morgan fingerprint density at radius 2 is 1.72 bits per heavy atom. The van der Waals surface area contributed by atoms with Crippen molar-refractivity contribution in [2.24, 2.45) is 13.0 Å². The van der Waals surface area contributed by atoms with Crippen LogP contribution in [-0.2, 0) is 11.8 Å². The molecule has 2 unspecified atom stereocenters. The zero-order chi connectivity index (χ0) is 27.8. The quantitative estimate of drug-likeness (QED) is 0.302. The van der Waals surface area contributed by atoms with Gasteiger partial charge in [0.2, 0.25) is 5.91 Å². The Hall–Kier alpha value is -4.26. The zero-order valence-electron chi connectivity index (χ0n) is 23.3. The lowest BCUT2D eigenvalue weighted by Crippen LogP contribution is -2.47. The highest BCUT2D eigenvalue weighted by atomic mass is 16.5. The van der Waals surface area contributed by atoms with E-state index in [0.717, 1.165) is 27.7 Å². The number of hydrogen-bond acceptors (Lipinski definition) is 4. The SMILES string of the molecule is COc1ccc(OC)c(NC(=O)C(CC(C)C)N2C(=O)c3ccccc3C2c2c(C)n(C)c3ccccc23)c1. The number of para-hydroxylation sites is 1. The van der Waals surface area contributed by atoms with Gasteiger partial charge in [-0.15, -0.1) is 0 Å². The Morgan fingerprint density at radius 3 is 2.44 bits per heavy atom. The summed E-state index contributed by atoms with van der Waals surface area (Å²) in [5.74, 6) is 0.879. The first-order valence-electron chi connectivity index (χ1n) is 13.2. The molecule has 0 saturated heterocycles. The fourth-order valence-electron chi connectivity index (χ4n) is 5.77. The second-order valence-corrected chi connectivity index (χ2v) is 10.5. The molecule has 7 nitrogen and oxygen atoms in total. The van der Waals surface area contributed by atoms with E-state index in [2.05, 4.69) is 42.8 Å². The third kappa shape index (κ3) is 4.52. The third-order valence-electron chi connectivity index (χ3n) is 7.72. The van der Waals surface area contributed by atoms with Crippen LogP contribution in [0.15, 0.2) is 66.7 Å². The van der Waals surface area contributed by atoms with Crippen molar-refractivity contribution in [1.82, 2.24) is 9.47 Å². The van der Waals surface area contributed by atoms with E-state index in [0.29, 0.717) is 29.2 Å². The smallest absolute Gasteiger partial charge is 0.255 e. The van der Waals surface area contributed by atoms with Crippen LogP contribution < -0.4 is 14.8 Å². The van der Waals surface area contributed by atoms with E-state index in [9.17, 15) is 9.59 Å². The van der Waals surface area contributed by atoms with Crippen molar-refractivity contribution in [3.05, 3.63) is 89.1 Å². The van der Waals surface area contributed by atoms with Gasteiger partial charge in [0.15, 0.2) is 0 Å². The Bertz CT molecular complexity index is 1550. The number of aryl methyl sites for hydroxylation is 1. The van der Waals surface area contributed by atoms with Crippen molar-refractivity contribution in [2.75, 3.05) is 19.5 Å². The molecule has 4 aromatic rings. The van der Waals surface area contributed by atoms with Crippen molar-refractivity contribution in [1.29, 1.82) is 0 Å². The van der Waals surface area contributed by atoms with E-state index in [-0.39, 0.29) is 17.7 Å². The van der Waals surface area contributed by atoms with Gasteiger partial charge in [0, 0.05) is 40.8 Å². The number of fused-ring (bicyclic) bond motifs is 2. The number of amides is 2. The van der Waals surface area contributed by atoms with E-state index in [1.807, 2.05) is 43.4 Å². The molecule has 0 aliphatic carbocycles. The van der Waals surface area contributed by atoms with Crippen LogP contribution in [0.2, 0.25) is 0 Å². The average molecular weight is 526 g/mol. The molecule has 2 amide bonds. The molecular weight excluding hydrogens is 490 g/mol. The van der Waals surface area contributed by atoms with Gasteiger partial charge < -0.3 is 24.3 Å². The predicted octanol–water partition coefficient (Wildman–Crippen LogP) is 6.10. The molecule has 0 bridgehead atoms. The lowest BCUT2D eigenvalue weighted by atomic mass is 9.93. The van der Waals surface area contributed by atoms with E-state index in [4.69, 9.17) is 9.47 Å². The summed E-state index contributed by atoms with van der Waals surface area (Å²) in [7, 11) is 5.18. The third-order valence-corrected chi connectivity index (χ3v) is 7.72. The highest BCUT2D eigenvalue weighted by molar-refractivity contribution is 6.05. The first-order valence-corrected chi connectivity index (χ1v) is 13.2. The molecule has 0 fully saturated rings. The van der Waals surface area contributed by atoms with Gasteiger partial charge in [-0.2, -0.15) is 0 Å². The number of hydrogen-bond donors (Lipinski definition) is 1. The van der Waals surface area contributed by atoms with Gasteiger partial charge in [-0.1, -0.05) is 50.2 Å². The number of aromatic nitrogens is 1. The van der Waals surface area contributed by atoms with Crippen LogP contribution in [0.3, 0.4) is 0 Å². The first-order chi connectivity index (χ1) is 18.8. The number of methoxy groups -OCH3 is 2. The highest BCUT2D eigenvalue weighted by Gasteiger charge is 2.45. The van der Waals surface area contributed by atoms with E-state index in [1.54, 1.807) is 37.3 Å². The van der Waals surface area contributed by atoms with Crippen LogP contribution in [0, 0.1) is 12.8 Å². The molecule has 39 heavy (non-hydrogen) atoms. The van der Waals surface area contributed by atoms with Gasteiger partial charge in [-0.3, -0.25) is 9.59 Å². The van der Waals surface area contributed by atoms with Crippen LogP contribution >= 0.6 is 0 Å². The fraction of sp³-hybridized carbons (Fsp3) is 0.312. The average Bonchev–Trinajstić information content (AvgIpc) is 3.36. The molecular formula is C32H35N3O4. The molecule has 3 aromatic carbocycles. The van der Waals surface area contributed by atoms with Crippen molar-refractivity contribution in [3.8, 4) is 11.5 Å². The Balaban J connectivity index is 1.66. The van der Waals surface area contributed by atoms with E-state index < -0.39 is 12.1 Å². The molecule has 2 heterocycles. The molecule has 1 aliphatic heterocycles. The summed E-state index contributed by atoms with van der Waals surface area (Å²) < 4.78 is 13.0. The van der Waals surface area contributed by atoms with Gasteiger partial charge in [-0.05, 0) is 49.1 Å². The summed E-state index contributed by atoms with van der Waals surface area (Å²) in [6, 6.07) is 20.1. The number of ether oxygens (including phenoxy) is 2. The second-order valence-electron chi connectivity index (χ2n) is 10.5. The summed E-state index contributed by atoms with van der Waals surface area (Å²) >= 11 is 0. The zero-order valence-corrected chi connectivity index (χ0v) is 23.3. The first kappa shape index (κ1) is 26.4. The van der Waals surface area contributed by atoms with E-state index in [1.165, 1.54) is 0 Å². The van der Waals surface area contributed by atoms with Crippen molar-refractivity contribution >= 4 is 28.4 Å². The normalized spacial score (nSPS) is 15.5. The van der Waals surface area contributed by atoms with Crippen LogP contribution in [0.1, 0.15) is 53.5 Å². The van der Waals surface area contributed by atoms with Crippen LogP contribution in [0.4, 0.5) is 5.69 Å². The summed E-state index contributed by atoms with van der Waals surface area (Å²) in [4.78, 5) is 30.0. The lowest BCUT2D eigenvalue weighted by Gasteiger charge is -2.34. The van der Waals surface area contributed by atoms with E-state index >= 15 is 0 Å². The molecule has 5 rings (SSSR count). The maximum absolute atomic E-state index is 14.1.